The molecule has 0 heterocycles. The van der Waals surface area contributed by atoms with Crippen molar-refractivity contribution in [3.05, 3.63) is 32.7 Å². The van der Waals surface area contributed by atoms with Crippen molar-refractivity contribution in [1.29, 1.82) is 0 Å². The molecule has 0 aliphatic heterocycles. The van der Waals surface area contributed by atoms with Crippen molar-refractivity contribution in [2.75, 3.05) is 6.61 Å². The quantitative estimate of drug-likeness (QED) is 0.826. The van der Waals surface area contributed by atoms with Gasteiger partial charge in [-0.2, -0.15) is 0 Å². The molecule has 100 valence electrons. The molecule has 1 aromatic rings. The van der Waals surface area contributed by atoms with E-state index in [4.69, 9.17) is 0 Å². The van der Waals surface area contributed by atoms with Crippen molar-refractivity contribution < 1.29 is 5.11 Å². The van der Waals surface area contributed by atoms with E-state index in [0.717, 1.165) is 14.5 Å². The van der Waals surface area contributed by atoms with Gasteiger partial charge in [0.15, 0.2) is 0 Å². The van der Waals surface area contributed by atoms with Crippen molar-refractivity contribution >= 4 is 31.9 Å². The van der Waals surface area contributed by atoms with E-state index in [2.05, 4.69) is 49.3 Å². The first kappa shape index (κ1) is 14.5. The summed E-state index contributed by atoms with van der Waals surface area (Å²) in [5.41, 5.74) is 1.14. The maximum atomic E-state index is 9.58. The summed E-state index contributed by atoms with van der Waals surface area (Å²) in [6, 6.07) is 6.74. The molecule has 1 aliphatic carbocycles. The number of hydrogen-bond acceptors (Lipinski definition) is 2. The van der Waals surface area contributed by atoms with Gasteiger partial charge < -0.3 is 10.4 Å². The van der Waals surface area contributed by atoms with E-state index in [-0.39, 0.29) is 12.6 Å². The summed E-state index contributed by atoms with van der Waals surface area (Å²) in [6.07, 6.45) is 6.42. The van der Waals surface area contributed by atoms with Gasteiger partial charge in [0.1, 0.15) is 0 Å². The molecule has 0 saturated heterocycles. The lowest BCUT2D eigenvalue weighted by molar-refractivity contribution is 0.220. The fraction of sp³-hybridized carbons (Fsp3) is 0.571. The second-order valence-corrected chi connectivity index (χ2v) is 6.62. The summed E-state index contributed by atoms with van der Waals surface area (Å²) in [6.45, 7) is 0.143. The van der Waals surface area contributed by atoms with Crippen LogP contribution in [0.1, 0.15) is 43.7 Å². The largest absolute Gasteiger partial charge is 0.394 e. The maximum Gasteiger partial charge on any atom is 0.0626 e. The van der Waals surface area contributed by atoms with Crippen LogP contribution in [0.25, 0.3) is 0 Å². The van der Waals surface area contributed by atoms with E-state index in [0.29, 0.717) is 6.04 Å². The van der Waals surface area contributed by atoms with Crippen LogP contribution in [0.2, 0.25) is 0 Å². The van der Waals surface area contributed by atoms with Gasteiger partial charge in [0.05, 0.1) is 12.6 Å². The highest BCUT2D eigenvalue weighted by atomic mass is 79.9. The van der Waals surface area contributed by atoms with Crippen LogP contribution in [-0.4, -0.2) is 17.8 Å². The molecule has 1 unspecified atom stereocenters. The van der Waals surface area contributed by atoms with Gasteiger partial charge in [-0.05, 0) is 62.4 Å². The topological polar surface area (TPSA) is 32.3 Å². The van der Waals surface area contributed by atoms with E-state index in [9.17, 15) is 5.11 Å². The molecule has 2 nitrogen and oxygen atoms in total. The molecular weight excluding hydrogens is 358 g/mol. The first-order valence-electron chi connectivity index (χ1n) is 6.52. The second-order valence-electron chi connectivity index (χ2n) is 4.91. The van der Waals surface area contributed by atoms with Crippen LogP contribution in [0.15, 0.2) is 27.1 Å². The third-order valence-corrected chi connectivity index (χ3v) is 5.45. The Labute approximate surface area is 125 Å². The van der Waals surface area contributed by atoms with Gasteiger partial charge in [0.2, 0.25) is 0 Å². The number of aliphatic hydroxyl groups is 1. The molecule has 2 rings (SSSR count). The summed E-state index contributed by atoms with van der Waals surface area (Å²) in [5, 5.41) is 13.2. The minimum atomic E-state index is 0.0394. The first-order chi connectivity index (χ1) is 8.70. The second kappa shape index (κ2) is 7.04. The minimum absolute atomic E-state index is 0.0394. The molecule has 1 aromatic carbocycles. The Balaban J connectivity index is 2.04. The Morgan fingerprint density at radius 2 is 1.89 bits per heavy atom. The zero-order valence-corrected chi connectivity index (χ0v) is 13.5. The average molecular weight is 377 g/mol. The van der Waals surface area contributed by atoms with Crippen molar-refractivity contribution in [1.82, 2.24) is 5.32 Å². The Bertz CT molecular complexity index is 391. The monoisotopic (exact) mass is 375 g/mol. The van der Waals surface area contributed by atoms with Crippen LogP contribution in [0.4, 0.5) is 0 Å². The third-order valence-electron chi connectivity index (χ3n) is 3.57. The highest BCUT2D eigenvalue weighted by Crippen LogP contribution is 2.27. The molecule has 1 atom stereocenters. The molecule has 1 aliphatic rings. The highest BCUT2D eigenvalue weighted by Gasteiger charge is 2.19. The SMILES string of the molecule is OCC(NC1CCCCC1)c1ccc(Br)c(Br)c1. The molecule has 0 radical (unpaired) electrons. The summed E-state index contributed by atoms with van der Waals surface area (Å²) in [5.74, 6) is 0. The van der Waals surface area contributed by atoms with Gasteiger partial charge in [-0.25, -0.2) is 0 Å². The summed E-state index contributed by atoms with van der Waals surface area (Å²) >= 11 is 6.98. The van der Waals surface area contributed by atoms with E-state index in [1.807, 2.05) is 6.07 Å². The number of hydrogen-bond donors (Lipinski definition) is 2. The molecule has 0 aromatic heterocycles. The van der Waals surface area contributed by atoms with E-state index >= 15 is 0 Å². The van der Waals surface area contributed by atoms with Crippen molar-refractivity contribution in [2.24, 2.45) is 0 Å². The van der Waals surface area contributed by atoms with Crippen molar-refractivity contribution in [3.8, 4) is 0 Å². The van der Waals surface area contributed by atoms with E-state index < -0.39 is 0 Å². The molecule has 0 bridgehead atoms. The van der Waals surface area contributed by atoms with Gasteiger partial charge in [0.25, 0.3) is 0 Å². The molecule has 2 N–H and O–H groups in total. The predicted octanol–water partition coefficient (Wildman–Crippen LogP) is 4.17. The molecule has 4 heteroatoms. The first-order valence-corrected chi connectivity index (χ1v) is 8.11. The Kier molecular flexibility index (Phi) is 5.67. The average Bonchev–Trinajstić information content (AvgIpc) is 2.40. The number of aliphatic hydroxyl groups excluding tert-OH is 1. The van der Waals surface area contributed by atoms with Crippen LogP contribution >= 0.6 is 31.9 Å². The van der Waals surface area contributed by atoms with E-state index in [1.165, 1.54) is 32.1 Å². The Hall–Kier alpha value is 0.1000. The van der Waals surface area contributed by atoms with Crippen LogP contribution in [0, 0.1) is 0 Å². The fourth-order valence-electron chi connectivity index (χ4n) is 2.54. The zero-order valence-electron chi connectivity index (χ0n) is 10.3. The molecule has 0 amide bonds. The van der Waals surface area contributed by atoms with Crippen LogP contribution < -0.4 is 5.32 Å². The molecular formula is C14H19Br2NO. The molecule has 18 heavy (non-hydrogen) atoms. The van der Waals surface area contributed by atoms with Gasteiger partial charge in [0, 0.05) is 15.0 Å². The lowest BCUT2D eigenvalue weighted by Gasteiger charge is -2.28. The van der Waals surface area contributed by atoms with Crippen LogP contribution in [-0.2, 0) is 0 Å². The number of halogens is 2. The maximum absolute atomic E-state index is 9.58. The van der Waals surface area contributed by atoms with Gasteiger partial charge in [-0.15, -0.1) is 0 Å². The molecule has 1 fully saturated rings. The normalized spacial score (nSPS) is 18.8. The molecule has 0 spiro atoms. The van der Waals surface area contributed by atoms with Gasteiger partial charge in [-0.3, -0.25) is 0 Å². The van der Waals surface area contributed by atoms with Gasteiger partial charge >= 0.3 is 0 Å². The Morgan fingerprint density at radius 1 is 1.17 bits per heavy atom. The predicted molar refractivity (Wildman–Crippen MR) is 81.7 cm³/mol. The summed E-state index contributed by atoms with van der Waals surface area (Å²) in [7, 11) is 0. The minimum Gasteiger partial charge on any atom is -0.394 e. The van der Waals surface area contributed by atoms with Gasteiger partial charge in [-0.1, -0.05) is 25.3 Å². The smallest absolute Gasteiger partial charge is 0.0626 e. The molecule has 1 saturated carbocycles. The Morgan fingerprint density at radius 3 is 2.50 bits per heavy atom. The summed E-state index contributed by atoms with van der Waals surface area (Å²) < 4.78 is 2.07. The number of nitrogens with one attached hydrogen (secondary N) is 1. The lowest BCUT2D eigenvalue weighted by atomic mass is 9.94. The van der Waals surface area contributed by atoms with E-state index in [1.54, 1.807) is 0 Å². The zero-order chi connectivity index (χ0) is 13.0. The van der Waals surface area contributed by atoms with Crippen LogP contribution in [0.5, 0.6) is 0 Å². The lowest BCUT2D eigenvalue weighted by Crippen LogP contribution is -2.36. The highest BCUT2D eigenvalue weighted by molar-refractivity contribution is 9.13. The number of rotatable bonds is 4. The third kappa shape index (κ3) is 3.80. The number of benzene rings is 1. The van der Waals surface area contributed by atoms with Crippen molar-refractivity contribution in [2.45, 2.75) is 44.2 Å². The summed E-state index contributed by atoms with van der Waals surface area (Å²) in [4.78, 5) is 0. The van der Waals surface area contributed by atoms with Crippen molar-refractivity contribution in [3.63, 3.8) is 0 Å². The standard InChI is InChI=1S/C14H19Br2NO/c15-12-7-6-10(8-13(12)16)14(9-18)17-11-4-2-1-3-5-11/h6-8,11,14,17-18H,1-5,9H2. The van der Waals surface area contributed by atoms with Crippen LogP contribution in [0.3, 0.4) is 0 Å². The fourth-order valence-corrected chi connectivity index (χ4v) is 3.18.